The van der Waals surface area contributed by atoms with Crippen molar-refractivity contribution in [3.05, 3.63) is 59.8 Å². The molecule has 3 aromatic rings. The number of anilines is 2. The summed E-state index contributed by atoms with van der Waals surface area (Å²) in [4.78, 5) is 35.5. The first-order valence-electron chi connectivity index (χ1n) is 10.4. The Kier molecular flexibility index (Phi) is 6.12. The largest absolute Gasteiger partial charge is 0.497 e. The molecule has 1 atom stereocenters. The molecule has 33 heavy (non-hydrogen) atoms. The van der Waals surface area contributed by atoms with Crippen molar-refractivity contribution >= 4 is 23.5 Å². The summed E-state index contributed by atoms with van der Waals surface area (Å²) in [6.07, 6.45) is 2.06. The average molecular weight is 447 g/mol. The Morgan fingerprint density at radius 3 is 2.73 bits per heavy atom. The summed E-state index contributed by atoms with van der Waals surface area (Å²) in [5.41, 5.74) is 8.64. The molecule has 2 heterocycles. The molecule has 0 saturated heterocycles. The maximum Gasteiger partial charge on any atom is 0.255 e. The van der Waals surface area contributed by atoms with E-state index in [-0.39, 0.29) is 24.4 Å². The number of carbonyl (C=O) groups is 2. The van der Waals surface area contributed by atoms with E-state index < -0.39 is 5.92 Å². The molecule has 1 aromatic heterocycles. The number of nitrogens with zero attached hydrogens (tertiary/aromatic N) is 3. The minimum absolute atomic E-state index is 0.138. The highest BCUT2D eigenvalue weighted by molar-refractivity contribution is 6.05. The molecule has 9 heteroatoms. The molecule has 1 aliphatic heterocycles. The fraction of sp³-hybridized carbons (Fsp3) is 0.250. The number of benzene rings is 2. The van der Waals surface area contributed by atoms with Crippen molar-refractivity contribution in [2.75, 3.05) is 38.9 Å². The summed E-state index contributed by atoms with van der Waals surface area (Å²) in [6, 6.07) is 12.4. The van der Waals surface area contributed by atoms with Crippen LogP contribution in [0.2, 0.25) is 0 Å². The number of hydrogen-bond donors (Lipinski definition) is 2. The lowest BCUT2D eigenvalue weighted by atomic mass is 9.95. The summed E-state index contributed by atoms with van der Waals surface area (Å²) < 4.78 is 11.1. The van der Waals surface area contributed by atoms with Gasteiger partial charge in [-0.25, -0.2) is 9.97 Å². The third-order valence-corrected chi connectivity index (χ3v) is 5.43. The molecular formula is C24H25N5O4. The van der Waals surface area contributed by atoms with Crippen molar-refractivity contribution in [1.29, 1.82) is 0 Å². The zero-order valence-electron chi connectivity index (χ0n) is 18.7. The first kappa shape index (κ1) is 22.1. The molecule has 4 rings (SSSR count). The molecular weight excluding hydrogens is 422 g/mol. The van der Waals surface area contributed by atoms with E-state index in [1.165, 1.54) is 4.90 Å². The van der Waals surface area contributed by atoms with Gasteiger partial charge in [-0.2, -0.15) is 0 Å². The van der Waals surface area contributed by atoms with Crippen molar-refractivity contribution < 1.29 is 19.1 Å². The standard InChI is InChI=1S/C24H25N5O4/c1-29(2)23(31)18-12-14(19-8-9-26-24(25)28-19)4-6-20(18)27-22(30)16-10-15-11-17(32-3)5-7-21(15)33-13-16/h4-9,11-12,16H,10,13H2,1-3H3,(H,27,30)(H2,25,26,28). The van der Waals surface area contributed by atoms with Crippen LogP contribution in [0.3, 0.4) is 0 Å². The second-order valence-corrected chi connectivity index (χ2v) is 7.93. The summed E-state index contributed by atoms with van der Waals surface area (Å²) >= 11 is 0. The monoisotopic (exact) mass is 447 g/mol. The van der Waals surface area contributed by atoms with E-state index in [9.17, 15) is 9.59 Å². The van der Waals surface area contributed by atoms with E-state index >= 15 is 0 Å². The number of nitrogens with two attached hydrogens (primary N) is 1. The lowest BCUT2D eigenvalue weighted by Gasteiger charge is -2.25. The Bertz CT molecular complexity index is 1210. The molecule has 170 valence electrons. The Hall–Kier alpha value is -4.14. The number of carbonyl (C=O) groups excluding carboxylic acids is 2. The molecule has 1 unspecified atom stereocenters. The van der Waals surface area contributed by atoms with Crippen LogP contribution in [0, 0.1) is 5.92 Å². The molecule has 0 radical (unpaired) electrons. The highest BCUT2D eigenvalue weighted by Crippen LogP contribution is 2.32. The summed E-state index contributed by atoms with van der Waals surface area (Å²) in [5, 5.41) is 2.91. The minimum atomic E-state index is -0.409. The van der Waals surface area contributed by atoms with Gasteiger partial charge in [0.15, 0.2) is 0 Å². The van der Waals surface area contributed by atoms with E-state index in [1.54, 1.807) is 51.7 Å². The zero-order chi connectivity index (χ0) is 23.5. The predicted octanol–water partition coefficient (Wildman–Crippen LogP) is 2.63. The molecule has 0 bridgehead atoms. The predicted molar refractivity (Wildman–Crippen MR) is 124 cm³/mol. The van der Waals surface area contributed by atoms with Gasteiger partial charge >= 0.3 is 0 Å². The molecule has 0 saturated carbocycles. The minimum Gasteiger partial charge on any atom is -0.497 e. The normalized spacial score (nSPS) is 14.6. The van der Waals surface area contributed by atoms with Crippen molar-refractivity contribution in [3.63, 3.8) is 0 Å². The smallest absolute Gasteiger partial charge is 0.255 e. The van der Waals surface area contributed by atoms with Gasteiger partial charge in [-0.05, 0) is 48.4 Å². The lowest BCUT2D eigenvalue weighted by Crippen LogP contribution is -2.33. The van der Waals surface area contributed by atoms with Gasteiger partial charge in [0.25, 0.3) is 5.91 Å². The fourth-order valence-corrected chi connectivity index (χ4v) is 3.67. The maximum atomic E-state index is 13.1. The van der Waals surface area contributed by atoms with Crippen molar-refractivity contribution in [2.45, 2.75) is 6.42 Å². The van der Waals surface area contributed by atoms with Crippen LogP contribution in [-0.4, -0.2) is 54.5 Å². The van der Waals surface area contributed by atoms with Gasteiger partial charge in [-0.3, -0.25) is 9.59 Å². The van der Waals surface area contributed by atoms with Crippen LogP contribution in [0.1, 0.15) is 15.9 Å². The third-order valence-electron chi connectivity index (χ3n) is 5.43. The second kappa shape index (κ2) is 9.15. The average Bonchev–Trinajstić information content (AvgIpc) is 2.83. The van der Waals surface area contributed by atoms with Crippen LogP contribution in [0.4, 0.5) is 11.6 Å². The van der Waals surface area contributed by atoms with Crippen LogP contribution >= 0.6 is 0 Å². The number of nitrogen functional groups attached to an aromatic ring is 1. The molecule has 0 aliphatic carbocycles. The van der Waals surface area contributed by atoms with Gasteiger partial charge in [0.05, 0.1) is 30.0 Å². The second-order valence-electron chi connectivity index (χ2n) is 7.93. The number of nitrogens with one attached hydrogen (secondary N) is 1. The van der Waals surface area contributed by atoms with E-state index in [0.29, 0.717) is 34.7 Å². The topological polar surface area (TPSA) is 120 Å². The molecule has 2 amide bonds. The number of methoxy groups -OCH3 is 1. The van der Waals surface area contributed by atoms with E-state index in [2.05, 4.69) is 15.3 Å². The number of aromatic nitrogens is 2. The van der Waals surface area contributed by atoms with Gasteiger partial charge in [-0.1, -0.05) is 6.07 Å². The first-order valence-corrected chi connectivity index (χ1v) is 10.4. The van der Waals surface area contributed by atoms with Crippen LogP contribution in [0.25, 0.3) is 11.3 Å². The Labute approximate surface area is 191 Å². The molecule has 3 N–H and O–H groups in total. The first-order chi connectivity index (χ1) is 15.9. The Morgan fingerprint density at radius 2 is 2.00 bits per heavy atom. The fourth-order valence-electron chi connectivity index (χ4n) is 3.67. The van der Waals surface area contributed by atoms with Crippen molar-refractivity contribution in [2.24, 2.45) is 5.92 Å². The summed E-state index contributed by atoms with van der Waals surface area (Å²) in [5.74, 6) is 0.710. The van der Waals surface area contributed by atoms with Gasteiger partial charge in [0, 0.05) is 25.9 Å². The summed E-state index contributed by atoms with van der Waals surface area (Å²) in [7, 11) is 4.91. The highest BCUT2D eigenvalue weighted by Gasteiger charge is 2.28. The van der Waals surface area contributed by atoms with Gasteiger partial charge in [-0.15, -0.1) is 0 Å². The molecule has 9 nitrogen and oxygen atoms in total. The quantitative estimate of drug-likeness (QED) is 0.617. The van der Waals surface area contributed by atoms with Gasteiger partial charge in [0.2, 0.25) is 11.9 Å². The van der Waals surface area contributed by atoms with Gasteiger partial charge < -0.3 is 25.4 Å². The van der Waals surface area contributed by atoms with Crippen LogP contribution < -0.4 is 20.5 Å². The number of hydrogen-bond acceptors (Lipinski definition) is 7. The van der Waals surface area contributed by atoms with Crippen molar-refractivity contribution in [1.82, 2.24) is 14.9 Å². The molecule has 1 aliphatic rings. The number of rotatable bonds is 5. The maximum absolute atomic E-state index is 13.1. The highest BCUT2D eigenvalue weighted by atomic mass is 16.5. The van der Waals surface area contributed by atoms with Crippen LogP contribution in [-0.2, 0) is 11.2 Å². The van der Waals surface area contributed by atoms with E-state index in [0.717, 1.165) is 11.3 Å². The van der Waals surface area contributed by atoms with Crippen LogP contribution in [0.5, 0.6) is 11.5 Å². The van der Waals surface area contributed by atoms with Crippen LogP contribution in [0.15, 0.2) is 48.7 Å². The molecule has 2 aromatic carbocycles. The van der Waals surface area contributed by atoms with Crippen molar-refractivity contribution in [3.8, 4) is 22.8 Å². The molecule has 0 fully saturated rings. The summed E-state index contributed by atoms with van der Waals surface area (Å²) in [6.45, 7) is 0.250. The Balaban J connectivity index is 1.60. The zero-order valence-corrected chi connectivity index (χ0v) is 18.7. The third kappa shape index (κ3) is 4.72. The van der Waals surface area contributed by atoms with E-state index in [4.69, 9.17) is 15.2 Å². The van der Waals surface area contributed by atoms with Gasteiger partial charge in [0.1, 0.15) is 18.1 Å². The van der Waals surface area contributed by atoms with E-state index in [1.807, 2.05) is 18.2 Å². The number of amides is 2. The lowest BCUT2D eigenvalue weighted by molar-refractivity contribution is -0.121. The molecule has 0 spiro atoms. The SMILES string of the molecule is COc1ccc2c(c1)CC(C(=O)Nc1ccc(-c3ccnc(N)n3)cc1C(=O)N(C)C)CO2. The number of fused-ring (bicyclic) bond motifs is 1. The Morgan fingerprint density at radius 1 is 1.18 bits per heavy atom. The number of ether oxygens (including phenoxy) is 2.